The summed E-state index contributed by atoms with van der Waals surface area (Å²) in [5.74, 6) is 1.02. The lowest BCUT2D eigenvalue weighted by atomic mass is 10.1. The van der Waals surface area contributed by atoms with Crippen molar-refractivity contribution in [2.75, 3.05) is 11.9 Å². The van der Waals surface area contributed by atoms with E-state index in [0.717, 1.165) is 17.1 Å². The molecule has 1 atom stereocenters. The molecule has 3 aromatic heterocycles. The Morgan fingerprint density at radius 2 is 1.88 bits per heavy atom. The van der Waals surface area contributed by atoms with E-state index in [1.807, 2.05) is 0 Å². The predicted octanol–water partition coefficient (Wildman–Crippen LogP) is 3.17. The second-order valence-corrected chi connectivity index (χ2v) is 7.45. The average molecular weight is 465 g/mol. The first-order valence-electron chi connectivity index (χ1n) is 9.27. The van der Waals surface area contributed by atoms with Crippen LogP contribution >= 0.6 is 11.6 Å². The van der Waals surface area contributed by atoms with E-state index in [1.165, 1.54) is 36.3 Å². The first-order valence-corrected chi connectivity index (χ1v) is 9.64. The number of anilines is 1. The van der Waals surface area contributed by atoms with E-state index in [-0.39, 0.29) is 27.3 Å². The summed E-state index contributed by atoms with van der Waals surface area (Å²) in [6.45, 7) is 1.78. The maximum atomic E-state index is 13.5. The molecule has 0 fully saturated rings. The van der Waals surface area contributed by atoms with Crippen molar-refractivity contribution >= 4 is 28.3 Å². The van der Waals surface area contributed by atoms with Gasteiger partial charge in [0.05, 0.1) is 17.1 Å². The second-order valence-electron chi connectivity index (χ2n) is 7.01. The van der Waals surface area contributed by atoms with Crippen molar-refractivity contribution in [3.63, 3.8) is 0 Å². The zero-order chi connectivity index (χ0) is 23.2. The molecule has 0 aliphatic heterocycles. The number of halogens is 4. The number of rotatable bonds is 4. The van der Waals surface area contributed by atoms with Crippen LogP contribution in [-0.4, -0.2) is 41.6 Å². The standard InChI is InChI=1S/C19H16ClF3N8O/c1-10(17-26-9-27-31(17)14-4-5-15(32)30(3)28-14)29(2)18-12-6-11(20)7-13(19(21,22)23)16(12)24-8-25-18/h4-10H,1-3H3/t10-/m0/s1. The second kappa shape index (κ2) is 7.86. The van der Waals surface area contributed by atoms with Gasteiger partial charge in [-0.25, -0.2) is 19.6 Å². The van der Waals surface area contributed by atoms with Crippen LogP contribution in [0.3, 0.4) is 0 Å². The predicted molar refractivity (Wildman–Crippen MR) is 111 cm³/mol. The summed E-state index contributed by atoms with van der Waals surface area (Å²) in [4.78, 5) is 25.6. The van der Waals surface area contributed by atoms with Gasteiger partial charge in [-0.3, -0.25) is 4.79 Å². The van der Waals surface area contributed by atoms with Gasteiger partial charge >= 0.3 is 6.18 Å². The van der Waals surface area contributed by atoms with E-state index in [9.17, 15) is 18.0 Å². The lowest BCUT2D eigenvalue weighted by molar-refractivity contribution is -0.136. The molecule has 0 N–H and O–H groups in total. The maximum absolute atomic E-state index is 13.5. The van der Waals surface area contributed by atoms with E-state index in [1.54, 1.807) is 18.9 Å². The van der Waals surface area contributed by atoms with Crippen molar-refractivity contribution in [1.82, 2.24) is 34.5 Å². The van der Waals surface area contributed by atoms with Crippen LogP contribution in [0, 0.1) is 0 Å². The molecule has 0 bridgehead atoms. The monoisotopic (exact) mass is 464 g/mol. The van der Waals surface area contributed by atoms with Crippen molar-refractivity contribution < 1.29 is 13.2 Å². The van der Waals surface area contributed by atoms with Crippen LogP contribution in [0.2, 0.25) is 5.02 Å². The normalized spacial score (nSPS) is 12.8. The van der Waals surface area contributed by atoms with E-state index in [0.29, 0.717) is 11.6 Å². The SMILES string of the molecule is C[C@@H](c1ncnn1-c1ccc(=O)n(C)n1)N(C)c1ncnc2c(C(F)(F)F)cc(Cl)cc12. The van der Waals surface area contributed by atoms with Crippen molar-refractivity contribution in [2.24, 2.45) is 7.05 Å². The van der Waals surface area contributed by atoms with Gasteiger partial charge in [-0.2, -0.15) is 23.0 Å². The summed E-state index contributed by atoms with van der Waals surface area (Å²) in [7, 11) is 3.17. The van der Waals surface area contributed by atoms with E-state index in [2.05, 4.69) is 25.1 Å². The lowest BCUT2D eigenvalue weighted by Gasteiger charge is -2.26. The molecule has 166 valence electrons. The Hall–Kier alpha value is -3.54. The number of aryl methyl sites for hydroxylation is 1. The third kappa shape index (κ3) is 3.77. The quantitative estimate of drug-likeness (QED) is 0.458. The Morgan fingerprint density at radius 1 is 1.12 bits per heavy atom. The van der Waals surface area contributed by atoms with Crippen LogP contribution in [0.1, 0.15) is 24.4 Å². The van der Waals surface area contributed by atoms with Crippen molar-refractivity contribution in [1.29, 1.82) is 0 Å². The molecule has 0 saturated carbocycles. The third-order valence-electron chi connectivity index (χ3n) is 5.01. The minimum Gasteiger partial charge on any atom is -0.349 e. The molecule has 0 radical (unpaired) electrons. The number of alkyl halides is 3. The fourth-order valence-electron chi connectivity index (χ4n) is 3.29. The molecular formula is C19H16ClF3N8O. The summed E-state index contributed by atoms with van der Waals surface area (Å²) >= 11 is 5.98. The van der Waals surface area contributed by atoms with Crippen LogP contribution in [0.25, 0.3) is 16.7 Å². The fraction of sp³-hybridized carbons (Fsp3) is 0.263. The highest BCUT2D eigenvalue weighted by Crippen LogP contribution is 2.39. The van der Waals surface area contributed by atoms with Gasteiger partial charge in [0, 0.05) is 30.6 Å². The Bertz CT molecular complexity index is 1370. The van der Waals surface area contributed by atoms with Crippen LogP contribution in [0.4, 0.5) is 19.0 Å². The van der Waals surface area contributed by atoms with Crippen LogP contribution < -0.4 is 10.5 Å². The zero-order valence-corrected chi connectivity index (χ0v) is 17.8. The molecule has 0 amide bonds. The number of hydrogen-bond acceptors (Lipinski definition) is 7. The van der Waals surface area contributed by atoms with Gasteiger partial charge in [-0.15, -0.1) is 5.10 Å². The molecule has 13 heteroatoms. The molecule has 9 nitrogen and oxygen atoms in total. The summed E-state index contributed by atoms with van der Waals surface area (Å²) in [5, 5.41) is 8.41. The number of nitrogens with zero attached hydrogens (tertiary/aromatic N) is 8. The largest absolute Gasteiger partial charge is 0.418 e. The molecule has 1 aromatic carbocycles. The Kier molecular flexibility index (Phi) is 5.33. The summed E-state index contributed by atoms with van der Waals surface area (Å²) < 4.78 is 43.2. The molecule has 0 unspecified atom stereocenters. The van der Waals surface area contributed by atoms with Gasteiger partial charge in [0.2, 0.25) is 0 Å². The van der Waals surface area contributed by atoms with Crippen LogP contribution in [0.15, 0.2) is 41.7 Å². The number of aromatic nitrogens is 7. The van der Waals surface area contributed by atoms with Crippen LogP contribution in [0.5, 0.6) is 0 Å². The maximum Gasteiger partial charge on any atom is 0.418 e. The Labute approximate surface area is 184 Å². The molecular weight excluding hydrogens is 449 g/mol. The molecule has 32 heavy (non-hydrogen) atoms. The van der Waals surface area contributed by atoms with Gasteiger partial charge in [0.15, 0.2) is 11.6 Å². The lowest BCUT2D eigenvalue weighted by Crippen LogP contribution is -2.27. The highest BCUT2D eigenvalue weighted by atomic mass is 35.5. The van der Waals surface area contributed by atoms with E-state index in [4.69, 9.17) is 11.6 Å². The first-order chi connectivity index (χ1) is 15.1. The van der Waals surface area contributed by atoms with Gasteiger partial charge in [-0.1, -0.05) is 11.6 Å². The highest BCUT2D eigenvalue weighted by molar-refractivity contribution is 6.31. The highest BCUT2D eigenvalue weighted by Gasteiger charge is 2.35. The molecule has 0 aliphatic rings. The summed E-state index contributed by atoms with van der Waals surface area (Å²) in [6, 6.07) is 4.59. The Morgan fingerprint density at radius 3 is 2.56 bits per heavy atom. The minimum atomic E-state index is -4.63. The van der Waals surface area contributed by atoms with Gasteiger partial charge in [0.1, 0.15) is 18.5 Å². The Balaban J connectivity index is 1.81. The van der Waals surface area contributed by atoms with Crippen molar-refractivity contribution in [2.45, 2.75) is 19.1 Å². The first kappa shape index (κ1) is 21.7. The van der Waals surface area contributed by atoms with Crippen molar-refractivity contribution in [3.05, 3.63) is 63.7 Å². The summed E-state index contributed by atoms with van der Waals surface area (Å²) in [6.07, 6.45) is -2.24. The van der Waals surface area contributed by atoms with Gasteiger partial charge in [0.25, 0.3) is 5.56 Å². The fourth-order valence-corrected chi connectivity index (χ4v) is 3.51. The molecule has 4 aromatic rings. The average Bonchev–Trinajstić information content (AvgIpc) is 3.23. The molecule has 4 rings (SSSR count). The van der Waals surface area contributed by atoms with Crippen molar-refractivity contribution in [3.8, 4) is 5.82 Å². The smallest absolute Gasteiger partial charge is 0.349 e. The summed E-state index contributed by atoms with van der Waals surface area (Å²) in [5.41, 5.74) is -1.49. The van der Waals surface area contributed by atoms with Gasteiger partial charge < -0.3 is 4.90 Å². The minimum absolute atomic E-state index is 0.0838. The van der Waals surface area contributed by atoms with E-state index >= 15 is 0 Å². The number of benzene rings is 1. The molecule has 3 heterocycles. The van der Waals surface area contributed by atoms with E-state index < -0.39 is 17.8 Å². The van der Waals surface area contributed by atoms with Gasteiger partial charge in [-0.05, 0) is 25.1 Å². The zero-order valence-electron chi connectivity index (χ0n) is 17.0. The number of fused-ring (bicyclic) bond motifs is 1. The molecule has 0 saturated heterocycles. The van der Waals surface area contributed by atoms with Crippen LogP contribution in [-0.2, 0) is 13.2 Å². The molecule has 0 aliphatic carbocycles. The molecule has 0 spiro atoms. The number of hydrogen-bond donors (Lipinski definition) is 0. The third-order valence-corrected chi connectivity index (χ3v) is 5.23. The topological polar surface area (TPSA) is 94.6 Å².